The number of nitrogens with zero attached hydrogens (tertiary/aromatic N) is 4. The summed E-state index contributed by atoms with van der Waals surface area (Å²) >= 11 is 0. The van der Waals surface area contributed by atoms with Crippen molar-refractivity contribution in [2.75, 3.05) is 49.5 Å². The number of piperidine rings is 1. The molecule has 0 spiro atoms. The smallest absolute Gasteiger partial charge is 0.134 e. The maximum Gasteiger partial charge on any atom is 0.134 e. The van der Waals surface area contributed by atoms with Gasteiger partial charge in [0.2, 0.25) is 0 Å². The number of hydrogen-bond acceptors (Lipinski definition) is 6. The molecule has 3 heterocycles. The Morgan fingerprint density at radius 3 is 2.68 bits per heavy atom. The Balaban J connectivity index is 1.50. The molecule has 0 saturated carbocycles. The predicted molar refractivity (Wildman–Crippen MR) is 113 cm³/mol. The molecule has 1 aromatic carbocycles. The van der Waals surface area contributed by atoms with Crippen LogP contribution in [0.2, 0.25) is 0 Å². The summed E-state index contributed by atoms with van der Waals surface area (Å²) in [5.74, 6) is 2.15. The first-order chi connectivity index (χ1) is 13.8. The molecule has 28 heavy (non-hydrogen) atoms. The zero-order chi connectivity index (χ0) is 19.2. The molecule has 0 radical (unpaired) electrons. The van der Waals surface area contributed by atoms with Crippen LogP contribution in [0.4, 0.5) is 11.6 Å². The molecule has 2 N–H and O–H groups in total. The second-order valence-electron chi connectivity index (χ2n) is 8.01. The molecule has 2 fully saturated rings. The van der Waals surface area contributed by atoms with E-state index in [9.17, 15) is 5.11 Å². The molecular formula is C22H31N5O. The standard InChI is InChI=1S/C22H31N5O/c28-16-18-7-6-12-27(14-18)22-13-21(23-17-24-22)25-20(15-26-10-4-5-11-26)19-8-2-1-3-9-19/h1-3,8-9,13,17-18,20,28H,4-7,10-12,14-16H2,(H,23,24,25). The SMILES string of the molecule is OCC1CCCN(c2cc(NC(CN3CCCC3)c3ccccc3)ncn2)C1. The minimum absolute atomic E-state index is 0.202. The van der Waals surface area contributed by atoms with Gasteiger partial charge >= 0.3 is 0 Å². The molecule has 6 heteroatoms. The van der Waals surface area contributed by atoms with Gasteiger partial charge in [0.1, 0.15) is 18.0 Å². The number of aliphatic hydroxyl groups is 1. The van der Waals surface area contributed by atoms with Crippen molar-refractivity contribution in [2.45, 2.75) is 31.7 Å². The minimum Gasteiger partial charge on any atom is -0.396 e. The highest BCUT2D eigenvalue weighted by Gasteiger charge is 2.22. The summed E-state index contributed by atoms with van der Waals surface area (Å²) in [5.41, 5.74) is 1.29. The van der Waals surface area contributed by atoms with Crippen molar-refractivity contribution in [1.29, 1.82) is 0 Å². The van der Waals surface area contributed by atoms with Crippen molar-refractivity contribution in [3.05, 3.63) is 48.3 Å². The normalized spacial score (nSPS) is 21.6. The third-order valence-electron chi connectivity index (χ3n) is 5.92. The van der Waals surface area contributed by atoms with E-state index in [1.807, 2.05) is 0 Å². The first-order valence-electron chi connectivity index (χ1n) is 10.5. The van der Waals surface area contributed by atoms with Gasteiger partial charge in [-0.15, -0.1) is 0 Å². The van der Waals surface area contributed by atoms with E-state index in [4.69, 9.17) is 0 Å². The minimum atomic E-state index is 0.202. The van der Waals surface area contributed by atoms with E-state index >= 15 is 0 Å². The lowest BCUT2D eigenvalue weighted by Gasteiger charge is -2.33. The number of anilines is 2. The Morgan fingerprint density at radius 1 is 1.07 bits per heavy atom. The quantitative estimate of drug-likeness (QED) is 0.769. The first kappa shape index (κ1) is 19.2. The van der Waals surface area contributed by atoms with E-state index in [-0.39, 0.29) is 12.6 Å². The summed E-state index contributed by atoms with van der Waals surface area (Å²) in [6, 6.07) is 12.9. The summed E-state index contributed by atoms with van der Waals surface area (Å²) in [7, 11) is 0. The number of likely N-dealkylation sites (tertiary alicyclic amines) is 1. The molecule has 6 nitrogen and oxygen atoms in total. The molecule has 4 rings (SSSR count). The number of hydrogen-bond donors (Lipinski definition) is 2. The number of aromatic nitrogens is 2. The molecular weight excluding hydrogens is 350 g/mol. The number of nitrogens with one attached hydrogen (secondary N) is 1. The Hall–Kier alpha value is -2.18. The monoisotopic (exact) mass is 381 g/mol. The third-order valence-corrected chi connectivity index (χ3v) is 5.92. The summed E-state index contributed by atoms with van der Waals surface area (Å²) < 4.78 is 0. The number of aliphatic hydroxyl groups excluding tert-OH is 1. The summed E-state index contributed by atoms with van der Waals surface area (Å²) in [5, 5.41) is 13.2. The van der Waals surface area contributed by atoms with Gasteiger partial charge in [-0.1, -0.05) is 30.3 Å². The lowest BCUT2D eigenvalue weighted by molar-refractivity contribution is 0.208. The predicted octanol–water partition coefficient (Wildman–Crippen LogP) is 2.93. The second-order valence-corrected chi connectivity index (χ2v) is 8.01. The van der Waals surface area contributed by atoms with Crippen LogP contribution in [0.5, 0.6) is 0 Å². The maximum absolute atomic E-state index is 9.51. The first-order valence-corrected chi connectivity index (χ1v) is 10.5. The van der Waals surface area contributed by atoms with Gasteiger partial charge in [-0.05, 0) is 50.3 Å². The Morgan fingerprint density at radius 2 is 1.89 bits per heavy atom. The van der Waals surface area contributed by atoms with Crippen molar-refractivity contribution >= 4 is 11.6 Å². The van der Waals surface area contributed by atoms with Gasteiger partial charge in [0, 0.05) is 32.3 Å². The van der Waals surface area contributed by atoms with E-state index in [2.05, 4.69) is 61.5 Å². The summed E-state index contributed by atoms with van der Waals surface area (Å²) in [6.07, 6.45) is 6.42. The molecule has 1 aromatic heterocycles. The molecule has 150 valence electrons. The van der Waals surface area contributed by atoms with Crippen LogP contribution in [0, 0.1) is 5.92 Å². The Bertz CT molecular complexity index is 735. The lowest BCUT2D eigenvalue weighted by atomic mass is 9.99. The van der Waals surface area contributed by atoms with Crippen LogP contribution in [0.3, 0.4) is 0 Å². The highest BCUT2D eigenvalue weighted by atomic mass is 16.3. The maximum atomic E-state index is 9.51. The van der Waals surface area contributed by atoms with E-state index in [0.717, 1.165) is 44.1 Å². The third kappa shape index (κ3) is 4.80. The number of benzene rings is 1. The fourth-order valence-electron chi connectivity index (χ4n) is 4.34. The van der Waals surface area contributed by atoms with Gasteiger partial charge in [-0.3, -0.25) is 0 Å². The average molecular weight is 382 g/mol. The van der Waals surface area contributed by atoms with Crippen molar-refractivity contribution in [2.24, 2.45) is 5.92 Å². The van der Waals surface area contributed by atoms with Crippen LogP contribution >= 0.6 is 0 Å². The Labute approximate surface area is 167 Å². The highest BCUT2D eigenvalue weighted by molar-refractivity contribution is 5.50. The van der Waals surface area contributed by atoms with Gasteiger partial charge in [0.05, 0.1) is 6.04 Å². The topological polar surface area (TPSA) is 64.5 Å². The average Bonchev–Trinajstić information content (AvgIpc) is 3.27. The van der Waals surface area contributed by atoms with Crippen LogP contribution in [0.25, 0.3) is 0 Å². The Kier molecular flexibility index (Phi) is 6.39. The van der Waals surface area contributed by atoms with Crippen molar-refractivity contribution in [3.8, 4) is 0 Å². The van der Waals surface area contributed by atoms with Crippen molar-refractivity contribution in [1.82, 2.24) is 14.9 Å². The van der Waals surface area contributed by atoms with Gasteiger partial charge < -0.3 is 20.2 Å². The molecule has 2 aromatic rings. The molecule has 2 saturated heterocycles. The van der Waals surface area contributed by atoms with Gasteiger partial charge in [-0.25, -0.2) is 9.97 Å². The largest absolute Gasteiger partial charge is 0.396 e. The fourth-order valence-corrected chi connectivity index (χ4v) is 4.34. The number of rotatable bonds is 7. The zero-order valence-electron chi connectivity index (χ0n) is 16.5. The van der Waals surface area contributed by atoms with Crippen LogP contribution < -0.4 is 10.2 Å². The molecule has 2 aliphatic heterocycles. The van der Waals surface area contributed by atoms with Gasteiger partial charge in [0.15, 0.2) is 0 Å². The van der Waals surface area contributed by atoms with Crippen LogP contribution in [0.15, 0.2) is 42.7 Å². The van der Waals surface area contributed by atoms with E-state index < -0.39 is 0 Å². The van der Waals surface area contributed by atoms with E-state index in [1.165, 1.54) is 31.5 Å². The van der Waals surface area contributed by atoms with Crippen molar-refractivity contribution in [3.63, 3.8) is 0 Å². The van der Waals surface area contributed by atoms with E-state index in [0.29, 0.717) is 5.92 Å². The lowest BCUT2D eigenvalue weighted by Crippen LogP contribution is -2.37. The molecule has 2 atom stereocenters. The molecule has 2 aliphatic rings. The molecule has 0 amide bonds. The second kappa shape index (κ2) is 9.34. The van der Waals surface area contributed by atoms with Crippen LogP contribution in [0.1, 0.15) is 37.3 Å². The molecule has 0 aliphatic carbocycles. The van der Waals surface area contributed by atoms with Crippen LogP contribution in [-0.4, -0.2) is 59.3 Å². The fraction of sp³-hybridized carbons (Fsp3) is 0.545. The molecule has 0 bridgehead atoms. The van der Waals surface area contributed by atoms with E-state index in [1.54, 1.807) is 6.33 Å². The van der Waals surface area contributed by atoms with Crippen molar-refractivity contribution < 1.29 is 5.11 Å². The zero-order valence-corrected chi connectivity index (χ0v) is 16.5. The summed E-state index contributed by atoms with van der Waals surface area (Å²) in [4.78, 5) is 13.8. The molecule has 2 unspecified atom stereocenters. The van der Waals surface area contributed by atoms with Gasteiger partial charge in [-0.2, -0.15) is 0 Å². The summed E-state index contributed by atoms with van der Waals surface area (Å²) in [6.45, 7) is 5.44. The van der Waals surface area contributed by atoms with Crippen LogP contribution in [-0.2, 0) is 0 Å². The highest BCUT2D eigenvalue weighted by Crippen LogP contribution is 2.25. The van der Waals surface area contributed by atoms with Gasteiger partial charge in [0.25, 0.3) is 0 Å².